The third kappa shape index (κ3) is 5.85. The molecule has 0 aliphatic carbocycles. The lowest BCUT2D eigenvalue weighted by Gasteiger charge is -2.10. The molecule has 7 heteroatoms. The molecule has 2 N–H and O–H groups in total. The van der Waals surface area contributed by atoms with Crippen molar-refractivity contribution in [1.29, 1.82) is 0 Å². The zero-order valence-electron chi connectivity index (χ0n) is 11.8. The van der Waals surface area contributed by atoms with E-state index in [0.29, 0.717) is 38.6 Å². The van der Waals surface area contributed by atoms with Crippen molar-refractivity contribution in [2.24, 2.45) is 0 Å². The normalized spacial score (nSPS) is 10.3. The molecule has 0 fully saturated rings. The first kappa shape index (κ1) is 16.2. The van der Waals surface area contributed by atoms with Crippen LogP contribution in [0.15, 0.2) is 18.2 Å². The van der Waals surface area contributed by atoms with E-state index in [-0.39, 0.29) is 5.69 Å². The van der Waals surface area contributed by atoms with E-state index < -0.39 is 4.92 Å². The van der Waals surface area contributed by atoms with E-state index in [4.69, 9.17) is 9.47 Å². The highest BCUT2D eigenvalue weighted by Gasteiger charge is 2.09. The zero-order valence-corrected chi connectivity index (χ0v) is 11.8. The molecule has 0 atom stereocenters. The second-order valence-corrected chi connectivity index (χ2v) is 4.09. The minimum Gasteiger partial charge on any atom is -0.385 e. The van der Waals surface area contributed by atoms with E-state index in [2.05, 4.69) is 10.6 Å². The van der Waals surface area contributed by atoms with Gasteiger partial charge in [0.1, 0.15) is 0 Å². The van der Waals surface area contributed by atoms with Crippen molar-refractivity contribution in [3.63, 3.8) is 0 Å². The highest BCUT2D eigenvalue weighted by atomic mass is 16.6. The largest absolute Gasteiger partial charge is 0.385 e. The second kappa shape index (κ2) is 9.11. The summed E-state index contributed by atoms with van der Waals surface area (Å²) in [5, 5.41) is 17.0. The number of anilines is 2. The van der Waals surface area contributed by atoms with Crippen LogP contribution in [-0.4, -0.2) is 44.9 Å². The van der Waals surface area contributed by atoms with Gasteiger partial charge in [0.15, 0.2) is 0 Å². The van der Waals surface area contributed by atoms with Crippen LogP contribution in [0.3, 0.4) is 0 Å². The average Bonchev–Trinajstić information content (AvgIpc) is 2.43. The Labute approximate surface area is 118 Å². The summed E-state index contributed by atoms with van der Waals surface area (Å²) in [5.41, 5.74) is 1.49. The van der Waals surface area contributed by atoms with Crippen LogP contribution in [-0.2, 0) is 9.47 Å². The summed E-state index contributed by atoms with van der Waals surface area (Å²) < 4.78 is 10.2. The predicted octanol–water partition coefficient (Wildman–Crippen LogP) is 2.10. The number of nitrogens with one attached hydrogen (secondary N) is 2. The van der Waals surface area contributed by atoms with Crippen molar-refractivity contribution in [3.05, 3.63) is 28.3 Å². The van der Waals surface area contributed by atoms with E-state index >= 15 is 0 Å². The Kier molecular flexibility index (Phi) is 7.38. The van der Waals surface area contributed by atoms with Crippen molar-refractivity contribution in [3.8, 4) is 0 Å². The van der Waals surface area contributed by atoms with Crippen molar-refractivity contribution in [2.45, 2.75) is 6.92 Å². The number of ether oxygens (including phenoxy) is 2. The minimum absolute atomic E-state index is 0.0613. The van der Waals surface area contributed by atoms with Gasteiger partial charge in [0.25, 0.3) is 5.69 Å². The fourth-order valence-corrected chi connectivity index (χ4v) is 1.64. The molecule has 1 aromatic carbocycles. The number of hydrogen-bond donors (Lipinski definition) is 2. The van der Waals surface area contributed by atoms with Gasteiger partial charge in [0.05, 0.1) is 24.7 Å². The van der Waals surface area contributed by atoms with Gasteiger partial charge in [-0.05, 0) is 13.0 Å². The summed E-state index contributed by atoms with van der Waals surface area (Å²) in [5.74, 6) is 0. The molecule has 0 aromatic heterocycles. The van der Waals surface area contributed by atoms with Gasteiger partial charge >= 0.3 is 0 Å². The molecule has 0 radical (unpaired) electrons. The highest BCUT2D eigenvalue weighted by Crippen LogP contribution is 2.24. The van der Waals surface area contributed by atoms with Crippen LogP contribution in [0.1, 0.15) is 6.92 Å². The smallest absolute Gasteiger partial charge is 0.273 e. The highest BCUT2D eigenvalue weighted by molar-refractivity contribution is 5.63. The van der Waals surface area contributed by atoms with Crippen LogP contribution in [0.5, 0.6) is 0 Å². The Morgan fingerprint density at radius 1 is 1.15 bits per heavy atom. The summed E-state index contributed by atoms with van der Waals surface area (Å²) >= 11 is 0. The summed E-state index contributed by atoms with van der Waals surface area (Å²) in [4.78, 5) is 10.5. The van der Waals surface area contributed by atoms with E-state index in [9.17, 15) is 10.1 Å². The molecule has 0 saturated carbocycles. The molecule has 0 amide bonds. The maximum absolute atomic E-state index is 10.9. The van der Waals surface area contributed by atoms with Crippen molar-refractivity contribution in [2.75, 3.05) is 50.7 Å². The minimum atomic E-state index is -0.402. The van der Waals surface area contributed by atoms with Gasteiger partial charge in [-0.3, -0.25) is 10.1 Å². The number of nitro benzene ring substituents is 1. The van der Waals surface area contributed by atoms with E-state index in [1.807, 2.05) is 13.0 Å². The lowest BCUT2D eigenvalue weighted by atomic mass is 10.2. The number of hydrogen-bond acceptors (Lipinski definition) is 6. The lowest BCUT2D eigenvalue weighted by Crippen LogP contribution is -2.12. The molecular formula is C13H21N3O4. The summed E-state index contributed by atoms with van der Waals surface area (Å²) in [6, 6.07) is 4.87. The van der Waals surface area contributed by atoms with Crippen LogP contribution in [0, 0.1) is 10.1 Å². The zero-order chi connectivity index (χ0) is 14.8. The second-order valence-electron chi connectivity index (χ2n) is 4.09. The number of nitro groups is 1. The maximum Gasteiger partial charge on any atom is 0.273 e. The molecular weight excluding hydrogens is 262 g/mol. The topological polar surface area (TPSA) is 85.7 Å². The summed E-state index contributed by atoms with van der Waals surface area (Å²) in [6.45, 7) is 4.84. The van der Waals surface area contributed by atoms with Crippen LogP contribution >= 0.6 is 0 Å². The van der Waals surface area contributed by atoms with Gasteiger partial charge in [-0.2, -0.15) is 0 Å². The van der Waals surface area contributed by atoms with Crippen LogP contribution < -0.4 is 10.6 Å². The Hall–Kier alpha value is -1.86. The maximum atomic E-state index is 10.9. The van der Waals surface area contributed by atoms with Gasteiger partial charge in [-0.1, -0.05) is 0 Å². The first-order valence-corrected chi connectivity index (χ1v) is 6.51. The Morgan fingerprint density at radius 2 is 1.85 bits per heavy atom. The average molecular weight is 283 g/mol. The summed E-state index contributed by atoms with van der Waals surface area (Å²) in [6.07, 6.45) is 0. The predicted molar refractivity (Wildman–Crippen MR) is 78.4 cm³/mol. The van der Waals surface area contributed by atoms with Gasteiger partial charge in [-0.15, -0.1) is 0 Å². The third-order valence-corrected chi connectivity index (χ3v) is 2.52. The quantitative estimate of drug-likeness (QED) is 0.388. The van der Waals surface area contributed by atoms with E-state index in [1.54, 1.807) is 7.11 Å². The van der Waals surface area contributed by atoms with Gasteiger partial charge in [-0.25, -0.2) is 0 Å². The molecule has 7 nitrogen and oxygen atoms in total. The fourth-order valence-electron chi connectivity index (χ4n) is 1.64. The van der Waals surface area contributed by atoms with Crippen molar-refractivity contribution < 1.29 is 14.4 Å². The van der Waals surface area contributed by atoms with Crippen molar-refractivity contribution in [1.82, 2.24) is 0 Å². The molecule has 112 valence electrons. The summed E-state index contributed by atoms with van der Waals surface area (Å²) in [7, 11) is 1.62. The van der Waals surface area contributed by atoms with Gasteiger partial charge < -0.3 is 20.1 Å². The Bertz CT molecular complexity index is 426. The molecule has 0 heterocycles. The Balaban J connectivity index is 2.53. The standard InChI is InChI=1S/C13H21N3O4/c1-3-14-11-8-12(10-13(9-11)16(17)18)15-4-5-20-7-6-19-2/h8-10,14-15H,3-7H2,1-2H3. The molecule has 1 aromatic rings. The van der Waals surface area contributed by atoms with E-state index in [0.717, 1.165) is 5.69 Å². The molecule has 1 rings (SSSR count). The number of methoxy groups -OCH3 is 1. The molecule has 0 aliphatic rings. The molecule has 20 heavy (non-hydrogen) atoms. The number of rotatable bonds is 10. The third-order valence-electron chi connectivity index (χ3n) is 2.52. The lowest BCUT2D eigenvalue weighted by molar-refractivity contribution is -0.384. The van der Waals surface area contributed by atoms with E-state index in [1.165, 1.54) is 12.1 Å². The molecule has 0 unspecified atom stereocenters. The first-order valence-electron chi connectivity index (χ1n) is 6.51. The molecule has 0 bridgehead atoms. The van der Waals surface area contributed by atoms with Crippen LogP contribution in [0.25, 0.3) is 0 Å². The molecule has 0 spiro atoms. The van der Waals surface area contributed by atoms with Crippen LogP contribution in [0.2, 0.25) is 0 Å². The first-order chi connectivity index (χ1) is 9.67. The fraction of sp³-hybridized carbons (Fsp3) is 0.538. The number of benzene rings is 1. The Morgan fingerprint density at radius 3 is 2.45 bits per heavy atom. The van der Waals surface area contributed by atoms with Gasteiger partial charge in [0.2, 0.25) is 0 Å². The monoisotopic (exact) mass is 283 g/mol. The van der Waals surface area contributed by atoms with Crippen LogP contribution in [0.4, 0.5) is 17.1 Å². The SMILES string of the molecule is CCNc1cc(NCCOCCOC)cc([N+](=O)[O-])c1. The van der Waals surface area contributed by atoms with Gasteiger partial charge in [0, 0.05) is 43.7 Å². The number of non-ortho nitro benzene ring substituents is 1. The number of nitrogens with zero attached hydrogens (tertiary/aromatic N) is 1. The molecule has 0 aliphatic heterocycles. The van der Waals surface area contributed by atoms with Crippen molar-refractivity contribution >= 4 is 17.1 Å². The molecule has 0 saturated heterocycles.